The van der Waals surface area contributed by atoms with Crippen molar-refractivity contribution in [3.63, 3.8) is 0 Å². The van der Waals surface area contributed by atoms with Crippen LogP contribution in [0.15, 0.2) is 16.8 Å². The van der Waals surface area contributed by atoms with Crippen LogP contribution in [0.2, 0.25) is 0 Å². The molecule has 1 amide bonds. The molecule has 0 unspecified atom stereocenters. The van der Waals surface area contributed by atoms with E-state index >= 15 is 0 Å². The van der Waals surface area contributed by atoms with Crippen LogP contribution in [0.3, 0.4) is 0 Å². The van der Waals surface area contributed by atoms with Gasteiger partial charge in [0.05, 0.1) is 16.6 Å². The number of nitrogens with zero attached hydrogens (tertiary/aromatic N) is 3. The second-order valence-corrected chi connectivity index (χ2v) is 5.91. The summed E-state index contributed by atoms with van der Waals surface area (Å²) in [5, 5.41) is 4.70. The van der Waals surface area contributed by atoms with E-state index in [-0.39, 0.29) is 5.91 Å². The second-order valence-electron chi connectivity index (χ2n) is 5.91. The van der Waals surface area contributed by atoms with Gasteiger partial charge in [0.2, 0.25) is 0 Å². The predicted molar refractivity (Wildman–Crippen MR) is 80.1 cm³/mol. The Bertz CT molecular complexity index is 642. The van der Waals surface area contributed by atoms with Crippen LogP contribution < -0.4 is 0 Å². The van der Waals surface area contributed by atoms with Gasteiger partial charge in [-0.05, 0) is 25.8 Å². The smallest absolute Gasteiger partial charge is 0.257 e. The second kappa shape index (κ2) is 5.84. The average molecular weight is 287 g/mol. The summed E-state index contributed by atoms with van der Waals surface area (Å²) in [4.78, 5) is 18.7. The molecule has 5 nitrogen and oxygen atoms in total. The number of aromatic nitrogens is 2. The molecule has 112 valence electrons. The van der Waals surface area contributed by atoms with E-state index in [1.165, 1.54) is 25.7 Å². The molecule has 1 saturated carbocycles. The highest BCUT2D eigenvalue weighted by atomic mass is 16.5. The molecule has 0 spiro atoms. The van der Waals surface area contributed by atoms with E-state index < -0.39 is 0 Å². The molecule has 21 heavy (non-hydrogen) atoms. The molecular formula is C16H21N3O2. The van der Waals surface area contributed by atoms with Gasteiger partial charge < -0.3 is 9.42 Å². The van der Waals surface area contributed by atoms with Gasteiger partial charge in [0.15, 0.2) is 0 Å². The first kappa shape index (κ1) is 14.0. The van der Waals surface area contributed by atoms with Crippen LogP contribution >= 0.6 is 0 Å². The molecule has 2 heterocycles. The third kappa shape index (κ3) is 2.77. The fourth-order valence-electron chi connectivity index (χ4n) is 3.08. The molecule has 0 aromatic carbocycles. The Morgan fingerprint density at radius 2 is 2.00 bits per heavy atom. The third-order valence-corrected chi connectivity index (χ3v) is 4.45. The van der Waals surface area contributed by atoms with E-state index in [0.29, 0.717) is 17.3 Å². The highest BCUT2D eigenvalue weighted by molar-refractivity contribution is 5.97. The molecule has 2 aromatic rings. The standard InChI is InChI=1S/C16H21N3O2/c1-11-14-9-12(10-17-15(14)21-18-11)16(20)19(2)13-7-5-3-4-6-8-13/h9-10,13H,3-8H2,1-2H3. The number of hydrogen-bond donors (Lipinski definition) is 0. The maximum atomic E-state index is 12.7. The van der Waals surface area contributed by atoms with Crippen molar-refractivity contribution in [1.29, 1.82) is 0 Å². The summed E-state index contributed by atoms with van der Waals surface area (Å²) in [5.41, 5.74) is 1.87. The van der Waals surface area contributed by atoms with Gasteiger partial charge >= 0.3 is 0 Å². The van der Waals surface area contributed by atoms with E-state index in [9.17, 15) is 4.79 Å². The molecule has 0 saturated heterocycles. The van der Waals surface area contributed by atoms with Crippen molar-refractivity contribution in [2.75, 3.05) is 7.05 Å². The van der Waals surface area contributed by atoms with Gasteiger partial charge in [0, 0.05) is 19.3 Å². The summed E-state index contributed by atoms with van der Waals surface area (Å²) >= 11 is 0. The minimum Gasteiger partial charge on any atom is -0.339 e. The number of hydrogen-bond acceptors (Lipinski definition) is 4. The largest absolute Gasteiger partial charge is 0.339 e. The maximum Gasteiger partial charge on any atom is 0.257 e. The number of fused-ring (bicyclic) bond motifs is 1. The molecule has 0 aliphatic heterocycles. The Balaban J connectivity index is 1.83. The average Bonchev–Trinajstić information content (AvgIpc) is 2.72. The Morgan fingerprint density at radius 3 is 2.71 bits per heavy atom. The molecule has 1 fully saturated rings. The Labute approximate surface area is 124 Å². The monoisotopic (exact) mass is 287 g/mol. The molecule has 2 aromatic heterocycles. The van der Waals surface area contributed by atoms with Crippen molar-refractivity contribution in [1.82, 2.24) is 15.0 Å². The third-order valence-electron chi connectivity index (χ3n) is 4.45. The molecular weight excluding hydrogens is 266 g/mol. The topological polar surface area (TPSA) is 59.2 Å². The molecule has 3 rings (SSSR count). The van der Waals surface area contributed by atoms with Crippen LogP contribution in [0.5, 0.6) is 0 Å². The van der Waals surface area contributed by atoms with Crippen molar-refractivity contribution in [3.05, 3.63) is 23.5 Å². The number of pyridine rings is 1. The lowest BCUT2D eigenvalue weighted by Gasteiger charge is -2.27. The van der Waals surface area contributed by atoms with E-state index in [2.05, 4.69) is 10.1 Å². The van der Waals surface area contributed by atoms with Crippen LogP contribution in [0.25, 0.3) is 11.1 Å². The van der Waals surface area contributed by atoms with Gasteiger partial charge in [-0.15, -0.1) is 0 Å². The van der Waals surface area contributed by atoms with Gasteiger partial charge in [-0.3, -0.25) is 4.79 Å². The van der Waals surface area contributed by atoms with Gasteiger partial charge in [0.1, 0.15) is 0 Å². The molecule has 1 aliphatic rings. The van der Waals surface area contributed by atoms with E-state index in [4.69, 9.17) is 4.52 Å². The number of aryl methyl sites for hydroxylation is 1. The first-order chi connectivity index (χ1) is 10.2. The lowest BCUT2D eigenvalue weighted by Crippen LogP contribution is -2.36. The molecule has 5 heteroatoms. The normalized spacial score (nSPS) is 16.9. The zero-order valence-corrected chi connectivity index (χ0v) is 12.6. The molecule has 0 atom stereocenters. The van der Waals surface area contributed by atoms with Gasteiger partial charge in [-0.1, -0.05) is 30.8 Å². The first-order valence-corrected chi connectivity index (χ1v) is 7.66. The summed E-state index contributed by atoms with van der Waals surface area (Å²) in [5.74, 6) is 0.0388. The molecule has 0 radical (unpaired) electrons. The van der Waals surface area contributed by atoms with Crippen molar-refractivity contribution in [2.24, 2.45) is 0 Å². The van der Waals surface area contributed by atoms with Crippen molar-refractivity contribution >= 4 is 17.0 Å². The van der Waals surface area contributed by atoms with E-state index in [0.717, 1.165) is 23.9 Å². The minimum atomic E-state index is 0.0388. The van der Waals surface area contributed by atoms with Crippen LogP contribution in [-0.2, 0) is 0 Å². The highest BCUT2D eigenvalue weighted by Crippen LogP contribution is 2.23. The van der Waals surface area contributed by atoms with E-state index in [1.807, 2.05) is 24.9 Å². The SMILES string of the molecule is Cc1noc2ncc(C(=O)N(C)C3CCCCCC3)cc12. The van der Waals surface area contributed by atoms with Crippen molar-refractivity contribution in [2.45, 2.75) is 51.5 Å². The van der Waals surface area contributed by atoms with Crippen LogP contribution in [0, 0.1) is 6.92 Å². The number of carbonyl (C=O) groups excluding carboxylic acids is 1. The fourth-order valence-corrected chi connectivity index (χ4v) is 3.08. The molecule has 0 N–H and O–H groups in total. The Hall–Kier alpha value is -1.91. The van der Waals surface area contributed by atoms with Crippen LogP contribution in [0.1, 0.15) is 54.6 Å². The first-order valence-electron chi connectivity index (χ1n) is 7.66. The van der Waals surface area contributed by atoms with Crippen LogP contribution in [-0.4, -0.2) is 34.0 Å². The fraction of sp³-hybridized carbons (Fsp3) is 0.562. The zero-order chi connectivity index (χ0) is 14.8. The summed E-state index contributed by atoms with van der Waals surface area (Å²) in [6.45, 7) is 1.86. The molecule has 0 bridgehead atoms. The van der Waals surface area contributed by atoms with E-state index in [1.54, 1.807) is 6.20 Å². The highest BCUT2D eigenvalue weighted by Gasteiger charge is 2.23. The summed E-state index contributed by atoms with van der Waals surface area (Å²) in [7, 11) is 1.91. The van der Waals surface area contributed by atoms with Gasteiger partial charge in [-0.2, -0.15) is 0 Å². The maximum absolute atomic E-state index is 12.7. The quantitative estimate of drug-likeness (QED) is 0.795. The molecule has 1 aliphatic carbocycles. The predicted octanol–water partition coefficient (Wildman–Crippen LogP) is 3.33. The van der Waals surface area contributed by atoms with Crippen molar-refractivity contribution in [3.8, 4) is 0 Å². The Morgan fingerprint density at radius 1 is 1.29 bits per heavy atom. The number of rotatable bonds is 2. The number of carbonyl (C=O) groups is 1. The zero-order valence-electron chi connectivity index (χ0n) is 12.6. The van der Waals surface area contributed by atoms with Crippen LogP contribution in [0.4, 0.5) is 0 Å². The summed E-state index contributed by atoms with van der Waals surface area (Å²) in [6.07, 6.45) is 8.78. The lowest BCUT2D eigenvalue weighted by atomic mass is 10.1. The lowest BCUT2D eigenvalue weighted by molar-refractivity contribution is 0.0717. The van der Waals surface area contributed by atoms with Gasteiger partial charge in [-0.25, -0.2) is 4.98 Å². The number of amides is 1. The minimum absolute atomic E-state index is 0.0388. The summed E-state index contributed by atoms with van der Waals surface area (Å²) < 4.78 is 5.09. The van der Waals surface area contributed by atoms with Gasteiger partial charge in [0.25, 0.3) is 11.6 Å². The summed E-state index contributed by atoms with van der Waals surface area (Å²) in [6, 6.07) is 2.18. The van der Waals surface area contributed by atoms with Crippen molar-refractivity contribution < 1.29 is 9.32 Å². The Kier molecular flexibility index (Phi) is 3.90.